The second-order valence-corrected chi connectivity index (χ2v) is 6.35. The van der Waals surface area contributed by atoms with Crippen molar-refractivity contribution >= 4 is 29.8 Å². The minimum atomic E-state index is -2.20. The van der Waals surface area contributed by atoms with E-state index in [1.165, 1.54) is 5.01 Å². The van der Waals surface area contributed by atoms with Crippen molar-refractivity contribution in [2.24, 2.45) is 5.10 Å². The normalized spacial score (nSPS) is 25.7. The van der Waals surface area contributed by atoms with E-state index in [0.717, 1.165) is 5.56 Å². The standard InChI is InChI=1S/C17H12N4O5/c22-11-6-5-10-12(11)17(14(23)19-16(25)20-15(17)24)26-13-9-4-2-1-3-8(9)7-18-21(10)13/h1-4,7,13H,5-6H2,(H2,19,20,23,24,25). The van der Waals surface area contributed by atoms with E-state index < -0.39 is 29.7 Å². The minimum absolute atomic E-state index is 0.0484. The van der Waals surface area contributed by atoms with Gasteiger partial charge in [-0.25, -0.2) is 9.80 Å². The van der Waals surface area contributed by atoms with Crippen molar-refractivity contribution in [3.63, 3.8) is 0 Å². The van der Waals surface area contributed by atoms with Crippen LogP contribution in [0.15, 0.2) is 40.6 Å². The van der Waals surface area contributed by atoms with Crippen molar-refractivity contribution in [1.29, 1.82) is 0 Å². The third-order valence-electron chi connectivity index (χ3n) is 4.97. The summed E-state index contributed by atoms with van der Waals surface area (Å²) in [6.07, 6.45) is 1.27. The van der Waals surface area contributed by atoms with Gasteiger partial charge >= 0.3 is 6.03 Å². The molecule has 0 saturated carbocycles. The summed E-state index contributed by atoms with van der Waals surface area (Å²) in [5.74, 6) is -2.28. The Labute approximate surface area is 146 Å². The van der Waals surface area contributed by atoms with Crippen LogP contribution in [0.5, 0.6) is 0 Å². The summed E-state index contributed by atoms with van der Waals surface area (Å²) in [5.41, 5.74) is -0.280. The maximum atomic E-state index is 12.7. The van der Waals surface area contributed by atoms with Crippen LogP contribution in [0.4, 0.5) is 4.79 Å². The number of nitrogens with one attached hydrogen (secondary N) is 2. The molecular formula is C17H12N4O5. The van der Waals surface area contributed by atoms with E-state index in [1.807, 2.05) is 22.8 Å². The molecule has 1 atom stereocenters. The summed E-state index contributed by atoms with van der Waals surface area (Å²) in [6.45, 7) is 0. The van der Waals surface area contributed by atoms with Gasteiger partial charge in [0, 0.05) is 17.5 Å². The number of barbiturate groups is 1. The number of benzene rings is 1. The van der Waals surface area contributed by atoms with E-state index in [2.05, 4.69) is 5.10 Å². The molecule has 1 aromatic carbocycles. The first-order valence-corrected chi connectivity index (χ1v) is 8.06. The molecule has 1 saturated heterocycles. The van der Waals surface area contributed by atoms with Crippen molar-refractivity contribution in [1.82, 2.24) is 15.6 Å². The molecule has 0 bridgehead atoms. The van der Waals surface area contributed by atoms with E-state index >= 15 is 0 Å². The van der Waals surface area contributed by atoms with Gasteiger partial charge in [-0.3, -0.25) is 25.0 Å². The van der Waals surface area contributed by atoms with Gasteiger partial charge in [0.05, 0.1) is 17.5 Å². The Morgan fingerprint density at radius 2 is 1.81 bits per heavy atom. The number of hydrogen-bond donors (Lipinski definition) is 2. The first-order valence-electron chi connectivity index (χ1n) is 8.06. The highest BCUT2D eigenvalue weighted by Crippen LogP contribution is 2.48. The second kappa shape index (κ2) is 4.85. The third kappa shape index (κ3) is 1.70. The van der Waals surface area contributed by atoms with Crippen molar-refractivity contribution in [3.05, 3.63) is 46.7 Å². The quantitative estimate of drug-likeness (QED) is 0.639. The zero-order valence-corrected chi connectivity index (χ0v) is 13.3. The molecule has 1 aromatic rings. The number of allylic oxidation sites excluding steroid dienone is 1. The van der Waals surface area contributed by atoms with Gasteiger partial charge in [-0.2, -0.15) is 5.10 Å². The fourth-order valence-corrected chi connectivity index (χ4v) is 3.84. The van der Waals surface area contributed by atoms with E-state index in [-0.39, 0.29) is 17.8 Å². The molecule has 4 aliphatic rings. The first-order chi connectivity index (χ1) is 12.5. The highest BCUT2D eigenvalue weighted by atomic mass is 16.5. The van der Waals surface area contributed by atoms with Gasteiger partial charge in [0.25, 0.3) is 17.4 Å². The van der Waals surface area contributed by atoms with Crippen LogP contribution in [0.1, 0.15) is 30.2 Å². The number of hydrazone groups is 1. The molecule has 130 valence electrons. The summed E-state index contributed by atoms with van der Waals surface area (Å²) >= 11 is 0. The Hall–Kier alpha value is -3.33. The third-order valence-corrected chi connectivity index (χ3v) is 4.97. The highest BCUT2D eigenvalue weighted by molar-refractivity contribution is 6.28. The largest absolute Gasteiger partial charge is 0.328 e. The lowest BCUT2D eigenvalue weighted by atomic mass is 9.85. The summed E-state index contributed by atoms with van der Waals surface area (Å²) in [6, 6.07) is 6.34. The van der Waals surface area contributed by atoms with Crippen molar-refractivity contribution in [2.45, 2.75) is 24.7 Å². The number of Topliss-reactive ketones (excluding diaryl/α,β-unsaturated/α-hetero) is 1. The number of urea groups is 1. The minimum Gasteiger partial charge on any atom is -0.322 e. The molecule has 3 aliphatic heterocycles. The first kappa shape index (κ1) is 15.0. The molecule has 1 spiro atoms. The lowest BCUT2D eigenvalue weighted by Crippen LogP contribution is -2.71. The van der Waals surface area contributed by atoms with Gasteiger partial charge in [0.2, 0.25) is 0 Å². The molecule has 0 radical (unpaired) electrons. The summed E-state index contributed by atoms with van der Waals surface area (Å²) in [5, 5.41) is 9.98. The predicted octanol–water partition coefficient (Wildman–Crippen LogP) is 0.0867. The van der Waals surface area contributed by atoms with Gasteiger partial charge in [-0.05, 0) is 6.42 Å². The average Bonchev–Trinajstić information content (AvgIpc) is 3.02. The van der Waals surface area contributed by atoms with E-state index in [0.29, 0.717) is 17.7 Å². The maximum absolute atomic E-state index is 12.7. The number of rotatable bonds is 0. The summed E-state index contributed by atoms with van der Waals surface area (Å²) in [4.78, 5) is 49.4. The number of imide groups is 2. The lowest BCUT2D eigenvalue weighted by molar-refractivity contribution is -0.184. The monoisotopic (exact) mass is 352 g/mol. The molecular weight excluding hydrogens is 340 g/mol. The van der Waals surface area contributed by atoms with Gasteiger partial charge in [0.15, 0.2) is 12.0 Å². The van der Waals surface area contributed by atoms with E-state index in [9.17, 15) is 19.2 Å². The zero-order valence-electron chi connectivity index (χ0n) is 13.3. The number of amides is 4. The zero-order chi connectivity index (χ0) is 18.1. The molecule has 26 heavy (non-hydrogen) atoms. The number of carbonyl (C=O) groups excluding carboxylic acids is 4. The molecule has 3 heterocycles. The lowest BCUT2D eigenvalue weighted by Gasteiger charge is -2.46. The van der Waals surface area contributed by atoms with Crippen LogP contribution in [0, 0.1) is 0 Å². The molecule has 9 heteroatoms. The fraction of sp³-hybridized carbons (Fsp3) is 0.235. The van der Waals surface area contributed by atoms with E-state index in [1.54, 1.807) is 18.3 Å². The number of hydrogen-bond acceptors (Lipinski definition) is 7. The second-order valence-electron chi connectivity index (χ2n) is 6.35. The average molecular weight is 352 g/mol. The molecule has 5 rings (SSSR count). The Bertz CT molecular complexity index is 959. The number of ketones is 1. The topological polar surface area (TPSA) is 117 Å². The number of carbonyl (C=O) groups is 4. The molecule has 1 fully saturated rings. The van der Waals surface area contributed by atoms with Crippen LogP contribution >= 0.6 is 0 Å². The SMILES string of the molecule is O=C1NC(=O)C2(OC3c4ccccc4C=NN3C3=C2C(=O)CC3)C(=O)N1. The van der Waals surface area contributed by atoms with Gasteiger partial charge in [-0.1, -0.05) is 24.3 Å². The van der Waals surface area contributed by atoms with Crippen LogP contribution in [0.2, 0.25) is 0 Å². The van der Waals surface area contributed by atoms with Crippen LogP contribution in [0.3, 0.4) is 0 Å². The molecule has 2 N–H and O–H groups in total. The predicted molar refractivity (Wildman–Crippen MR) is 85.4 cm³/mol. The van der Waals surface area contributed by atoms with Gasteiger partial charge in [0.1, 0.15) is 0 Å². The van der Waals surface area contributed by atoms with Crippen molar-refractivity contribution in [3.8, 4) is 0 Å². The smallest absolute Gasteiger partial charge is 0.322 e. The molecule has 4 amide bonds. The Morgan fingerprint density at radius 3 is 2.58 bits per heavy atom. The van der Waals surface area contributed by atoms with Crippen molar-refractivity contribution in [2.75, 3.05) is 0 Å². The Kier molecular flexibility index (Phi) is 2.79. The Morgan fingerprint density at radius 1 is 1.08 bits per heavy atom. The maximum Gasteiger partial charge on any atom is 0.328 e. The van der Waals surface area contributed by atoms with Crippen LogP contribution < -0.4 is 10.6 Å². The van der Waals surface area contributed by atoms with Crippen LogP contribution in [-0.2, 0) is 19.1 Å². The molecule has 1 unspecified atom stereocenters. The summed E-state index contributed by atoms with van der Waals surface area (Å²) in [7, 11) is 0. The number of fused-ring (bicyclic) bond motifs is 5. The molecule has 9 nitrogen and oxygen atoms in total. The molecule has 0 aromatic heterocycles. The van der Waals surface area contributed by atoms with Gasteiger partial charge in [-0.15, -0.1) is 0 Å². The number of nitrogens with zero attached hydrogens (tertiary/aromatic N) is 2. The Balaban J connectivity index is 1.75. The highest BCUT2D eigenvalue weighted by Gasteiger charge is 2.63. The molecule has 1 aliphatic carbocycles. The van der Waals surface area contributed by atoms with Crippen molar-refractivity contribution < 1.29 is 23.9 Å². The van der Waals surface area contributed by atoms with Gasteiger partial charge < -0.3 is 4.74 Å². The van der Waals surface area contributed by atoms with Crippen LogP contribution in [-0.4, -0.2) is 40.5 Å². The van der Waals surface area contributed by atoms with E-state index in [4.69, 9.17) is 4.74 Å². The van der Waals surface area contributed by atoms with Crippen LogP contribution in [0.25, 0.3) is 0 Å². The summed E-state index contributed by atoms with van der Waals surface area (Å²) < 4.78 is 5.96. The number of ether oxygens (including phenoxy) is 1. The fourth-order valence-electron chi connectivity index (χ4n) is 3.84.